The number of anilines is 1. The highest BCUT2D eigenvalue weighted by Gasteiger charge is 2.28. The van der Waals surface area contributed by atoms with Crippen molar-refractivity contribution in [3.8, 4) is 5.75 Å². The number of carboxylic acids is 1. The Kier molecular flexibility index (Phi) is 3.29. The lowest BCUT2D eigenvalue weighted by atomic mass is 9.95. The van der Waals surface area contributed by atoms with Gasteiger partial charge in [-0.15, -0.1) is 0 Å². The van der Waals surface area contributed by atoms with Gasteiger partial charge >= 0.3 is 5.97 Å². The number of carbonyl (C=O) groups is 1. The molecule has 0 aliphatic carbocycles. The number of nitrogen functional groups attached to an aromatic ring is 1. The molecule has 0 atom stereocenters. The van der Waals surface area contributed by atoms with Gasteiger partial charge in [0.2, 0.25) is 0 Å². The summed E-state index contributed by atoms with van der Waals surface area (Å²) in [6.07, 6.45) is 1.65. The first-order valence-electron chi connectivity index (χ1n) is 5.91. The van der Waals surface area contributed by atoms with Crippen LogP contribution in [0, 0.1) is 5.41 Å². The minimum absolute atomic E-state index is 0.0674. The highest BCUT2D eigenvalue weighted by Crippen LogP contribution is 2.29. The zero-order valence-electron chi connectivity index (χ0n) is 10.9. The monoisotopic (exact) mass is 260 g/mol. The second kappa shape index (κ2) is 4.76. The van der Waals surface area contributed by atoms with E-state index in [4.69, 9.17) is 15.6 Å². The van der Waals surface area contributed by atoms with Gasteiger partial charge in [-0.2, -0.15) is 0 Å². The van der Waals surface area contributed by atoms with Crippen molar-refractivity contribution in [1.29, 1.82) is 0 Å². The lowest BCUT2D eigenvalue weighted by molar-refractivity contribution is -0.148. The number of aliphatic carboxylic acids is 1. The van der Waals surface area contributed by atoms with Gasteiger partial charge in [0.15, 0.2) is 0 Å². The van der Waals surface area contributed by atoms with E-state index in [9.17, 15) is 4.79 Å². The fourth-order valence-corrected chi connectivity index (χ4v) is 1.61. The Morgan fingerprint density at radius 3 is 2.84 bits per heavy atom. The van der Waals surface area contributed by atoms with Crippen molar-refractivity contribution in [2.75, 3.05) is 12.3 Å². The molecule has 0 fully saturated rings. The molecule has 0 saturated carbocycles. The number of rotatable bonds is 4. The van der Waals surface area contributed by atoms with Gasteiger partial charge in [0.1, 0.15) is 17.9 Å². The summed E-state index contributed by atoms with van der Waals surface area (Å²) >= 11 is 0. The highest BCUT2D eigenvalue weighted by atomic mass is 16.5. The van der Waals surface area contributed by atoms with Gasteiger partial charge in [-0.25, -0.2) is 0 Å². The maximum Gasteiger partial charge on any atom is 0.312 e. The predicted molar refractivity (Wildman–Crippen MR) is 73.1 cm³/mol. The first-order chi connectivity index (χ1) is 8.92. The molecule has 0 aliphatic rings. The third-order valence-corrected chi connectivity index (χ3v) is 2.93. The second-order valence-corrected chi connectivity index (χ2v) is 5.03. The third kappa shape index (κ3) is 2.59. The number of aromatic nitrogens is 1. The summed E-state index contributed by atoms with van der Waals surface area (Å²) in [5.74, 6) is -0.362. The molecule has 1 aromatic heterocycles. The molecule has 0 radical (unpaired) electrons. The minimum atomic E-state index is -0.956. The molecule has 1 heterocycles. The molecule has 0 aliphatic heterocycles. The molecule has 1 aromatic carbocycles. The van der Waals surface area contributed by atoms with Crippen LogP contribution in [0.4, 0.5) is 5.69 Å². The number of ether oxygens (including phenoxy) is 1. The van der Waals surface area contributed by atoms with Crippen LogP contribution in [0.15, 0.2) is 30.5 Å². The van der Waals surface area contributed by atoms with Crippen molar-refractivity contribution in [1.82, 2.24) is 4.98 Å². The number of pyridine rings is 1. The second-order valence-electron chi connectivity index (χ2n) is 5.03. The van der Waals surface area contributed by atoms with Gasteiger partial charge in [0, 0.05) is 17.3 Å². The summed E-state index contributed by atoms with van der Waals surface area (Å²) in [4.78, 5) is 15.3. The van der Waals surface area contributed by atoms with Crippen LogP contribution in [-0.4, -0.2) is 22.7 Å². The van der Waals surface area contributed by atoms with Crippen molar-refractivity contribution in [3.05, 3.63) is 30.5 Å². The van der Waals surface area contributed by atoms with Gasteiger partial charge in [-0.1, -0.05) is 0 Å². The van der Waals surface area contributed by atoms with E-state index in [1.54, 1.807) is 38.2 Å². The first kappa shape index (κ1) is 13.1. The average Bonchev–Trinajstić information content (AvgIpc) is 2.38. The maximum atomic E-state index is 11.0. The van der Waals surface area contributed by atoms with E-state index in [-0.39, 0.29) is 6.61 Å². The Labute approximate surface area is 111 Å². The number of hydrogen-bond acceptors (Lipinski definition) is 4. The van der Waals surface area contributed by atoms with Gasteiger partial charge in [-0.05, 0) is 38.1 Å². The number of benzene rings is 1. The standard InChI is InChI=1S/C14H16N2O3/c1-14(2,13(17)18)8-19-11-6-5-10(15)9-4-3-7-16-12(9)11/h3-7H,8,15H2,1-2H3,(H,17,18). The molecular formula is C14H16N2O3. The van der Waals surface area contributed by atoms with E-state index in [0.29, 0.717) is 17.0 Å². The van der Waals surface area contributed by atoms with Crippen LogP contribution >= 0.6 is 0 Å². The summed E-state index contributed by atoms with van der Waals surface area (Å²) in [6.45, 7) is 3.29. The number of hydrogen-bond donors (Lipinski definition) is 2. The zero-order chi connectivity index (χ0) is 14.0. The number of fused-ring (bicyclic) bond motifs is 1. The number of nitrogens with zero attached hydrogens (tertiary/aromatic N) is 1. The molecule has 19 heavy (non-hydrogen) atoms. The van der Waals surface area contributed by atoms with Gasteiger partial charge in [0.05, 0.1) is 5.41 Å². The Hall–Kier alpha value is -2.30. The van der Waals surface area contributed by atoms with Crippen LogP contribution in [0.25, 0.3) is 10.9 Å². The topological polar surface area (TPSA) is 85.4 Å². The molecule has 2 rings (SSSR count). The quantitative estimate of drug-likeness (QED) is 0.824. The smallest absolute Gasteiger partial charge is 0.312 e. The Bertz CT molecular complexity index is 623. The SMILES string of the molecule is CC(C)(COc1ccc(N)c2cccnc12)C(=O)O. The van der Waals surface area contributed by atoms with E-state index in [0.717, 1.165) is 5.39 Å². The van der Waals surface area contributed by atoms with Crippen LogP contribution < -0.4 is 10.5 Å². The Balaban J connectivity index is 2.32. The summed E-state index contributed by atoms with van der Waals surface area (Å²) in [5, 5.41) is 9.86. The maximum absolute atomic E-state index is 11.0. The minimum Gasteiger partial charge on any atom is -0.490 e. The van der Waals surface area contributed by atoms with Crippen molar-refractivity contribution >= 4 is 22.6 Å². The van der Waals surface area contributed by atoms with Crippen LogP contribution in [0.1, 0.15) is 13.8 Å². The van der Waals surface area contributed by atoms with Crippen molar-refractivity contribution in [2.45, 2.75) is 13.8 Å². The van der Waals surface area contributed by atoms with Crippen LogP contribution in [0.3, 0.4) is 0 Å². The molecule has 0 saturated heterocycles. The van der Waals surface area contributed by atoms with Crippen LogP contribution in [0.2, 0.25) is 0 Å². The van der Waals surface area contributed by atoms with Crippen molar-refractivity contribution in [2.24, 2.45) is 5.41 Å². The lowest BCUT2D eigenvalue weighted by Crippen LogP contribution is -2.30. The summed E-state index contributed by atoms with van der Waals surface area (Å²) in [7, 11) is 0. The normalized spacial score (nSPS) is 11.5. The molecule has 100 valence electrons. The zero-order valence-corrected chi connectivity index (χ0v) is 10.9. The van der Waals surface area contributed by atoms with Gasteiger partial charge in [-0.3, -0.25) is 9.78 Å². The van der Waals surface area contributed by atoms with Crippen molar-refractivity contribution in [3.63, 3.8) is 0 Å². The van der Waals surface area contributed by atoms with Crippen LogP contribution in [-0.2, 0) is 4.79 Å². The van der Waals surface area contributed by atoms with E-state index in [1.165, 1.54) is 0 Å². The Morgan fingerprint density at radius 1 is 1.42 bits per heavy atom. The van der Waals surface area contributed by atoms with E-state index in [1.807, 2.05) is 6.07 Å². The van der Waals surface area contributed by atoms with Crippen LogP contribution in [0.5, 0.6) is 5.75 Å². The number of carboxylic acid groups (broad SMARTS) is 1. The average molecular weight is 260 g/mol. The fraction of sp³-hybridized carbons (Fsp3) is 0.286. The van der Waals surface area contributed by atoms with Gasteiger partial charge < -0.3 is 15.6 Å². The molecular weight excluding hydrogens is 244 g/mol. The number of nitrogens with two attached hydrogens (primary N) is 1. The third-order valence-electron chi connectivity index (χ3n) is 2.93. The fourth-order valence-electron chi connectivity index (χ4n) is 1.61. The molecule has 0 amide bonds. The lowest BCUT2D eigenvalue weighted by Gasteiger charge is -2.20. The predicted octanol–water partition coefficient (Wildman–Crippen LogP) is 2.31. The molecule has 3 N–H and O–H groups in total. The summed E-state index contributed by atoms with van der Waals surface area (Å²) in [5.41, 5.74) is 6.17. The van der Waals surface area contributed by atoms with Crippen molar-refractivity contribution < 1.29 is 14.6 Å². The Morgan fingerprint density at radius 2 is 2.16 bits per heavy atom. The highest BCUT2D eigenvalue weighted by molar-refractivity contribution is 5.94. The largest absolute Gasteiger partial charge is 0.490 e. The van der Waals surface area contributed by atoms with Gasteiger partial charge in [0.25, 0.3) is 0 Å². The molecule has 2 aromatic rings. The molecule has 5 heteroatoms. The van der Waals surface area contributed by atoms with E-state index >= 15 is 0 Å². The summed E-state index contributed by atoms with van der Waals surface area (Å²) in [6, 6.07) is 7.09. The molecule has 0 spiro atoms. The van der Waals surface area contributed by atoms with E-state index < -0.39 is 11.4 Å². The molecule has 0 bridgehead atoms. The molecule has 0 unspecified atom stereocenters. The van der Waals surface area contributed by atoms with E-state index in [2.05, 4.69) is 4.98 Å². The summed E-state index contributed by atoms with van der Waals surface area (Å²) < 4.78 is 5.60. The molecule has 5 nitrogen and oxygen atoms in total. The first-order valence-corrected chi connectivity index (χ1v) is 5.91.